The topological polar surface area (TPSA) is 50.4 Å². The van der Waals surface area contributed by atoms with Crippen molar-refractivity contribution in [1.29, 1.82) is 0 Å². The number of rotatable bonds is 3. The Balaban J connectivity index is 2.23. The lowest BCUT2D eigenvalue weighted by Gasteiger charge is -2.06. The molecule has 1 N–H and O–H groups in total. The minimum Gasteiger partial charge on any atom is -0.506 e. The van der Waals surface area contributed by atoms with Crippen LogP contribution in [0.3, 0.4) is 0 Å². The predicted octanol–water partition coefficient (Wildman–Crippen LogP) is 5.77. The first-order valence-electron chi connectivity index (χ1n) is 7.17. The Morgan fingerprint density at radius 2 is 1.83 bits per heavy atom. The number of benzene rings is 2. The first-order chi connectivity index (χ1) is 10.9. The summed E-state index contributed by atoms with van der Waals surface area (Å²) in [6, 6.07) is 9.07. The number of carbonyl (C=O) groups excluding carboxylic acids is 1. The van der Waals surface area contributed by atoms with E-state index in [1.807, 2.05) is 32.0 Å². The fraction of sp³-hybridized carbons (Fsp3) is 0.167. The zero-order chi connectivity index (χ0) is 16.7. The normalized spacial score (nSPS) is 11.1. The van der Waals surface area contributed by atoms with E-state index in [0.717, 1.165) is 10.9 Å². The smallest absolute Gasteiger partial charge is 0.197 e. The molecule has 0 fully saturated rings. The molecule has 3 rings (SSSR count). The van der Waals surface area contributed by atoms with Crippen LogP contribution in [0.5, 0.6) is 5.75 Å². The second kappa shape index (κ2) is 6.13. The second-order valence-electron chi connectivity index (χ2n) is 5.37. The van der Waals surface area contributed by atoms with Gasteiger partial charge in [-0.25, -0.2) is 0 Å². The first kappa shape index (κ1) is 16.3. The Labute approximate surface area is 150 Å². The molecule has 0 spiro atoms. The van der Waals surface area contributed by atoms with Gasteiger partial charge in [0.25, 0.3) is 0 Å². The number of carbonyl (C=O) groups is 1. The van der Waals surface area contributed by atoms with Crippen molar-refractivity contribution in [2.45, 2.75) is 20.3 Å². The molecule has 1 heterocycles. The summed E-state index contributed by atoms with van der Waals surface area (Å²) in [5.74, 6) is 0.633. The van der Waals surface area contributed by atoms with Gasteiger partial charge in [0.2, 0.25) is 0 Å². The lowest BCUT2D eigenvalue weighted by Crippen LogP contribution is -2.04. The van der Waals surface area contributed by atoms with Gasteiger partial charge in [0.1, 0.15) is 17.1 Å². The fourth-order valence-corrected chi connectivity index (χ4v) is 3.79. The Morgan fingerprint density at radius 3 is 2.43 bits per heavy atom. The highest BCUT2D eigenvalue weighted by molar-refractivity contribution is 9.11. The average Bonchev–Trinajstić information content (AvgIpc) is 2.89. The van der Waals surface area contributed by atoms with Crippen molar-refractivity contribution in [2.75, 3.05) is 0 Å². The molecule has 0 aliphatic heterocycles. The summed E-state index contributed by atoms with van der Waals surface area (Å²) in [7, 11) is 0. The minimum atomic E-state index is -0.118. The fourth-order valence-electron chi connectivity index (χ4n) is 2.60. The van der Waals surface area contributed by atoms with Crippen molar-refractivity contribution in [3.8, 4) is 5.75 Å². The molecule has 3 aromatic rings. The maximum absolute atomic E-state index is 13.0. The maximum atomic E-state index is 13.0. The molecule has 0 atom stereocenters. The lowest BCUT2D eigenvalue weighted by molar-refractivity contribution is 0.103. The van der Waals surface area contributed by atoms with Crippen molar-refractivity contribution < 1.29 is 14.3 Å². The molecule has 1 aromatic heterocycles. The van der Waals surface area contributed by atoms with Crippen molar-refractivity contribution >= 4 is 48.6 Å². The number of furan rings is 1. The van der Waals surface area contributed by atoms with Crippen LogP contribution in [0, 0.1) is 6.92 Å². The molecule has 23 heavy (non-hydrogen) atoms. The summed E-state index contributed by atoms with van der Waals surface area (Å²) >= 11 is 6.54. The zero-order valence-electron chi connectivity index (χ0n) is 12.6. The van der Waals surface area contributed by atoms with Crippen LogP contribution in [0.25, 0.3) is 11.0 Å². The summed E-state index contributed by atoms with van der Waals surface area (Å²) in [6.45, 7) is 3.95. The molecule has 0 bridgehead atoms. The van der Waals surface area contributed by atoms with Crippen LogP contribution >= 0.6 is 31.9 Å². The standard InChI is InChI=1S/C18H14Br2O3/c1-3-14-16(11-6-9(2)4-5-15(11)23-14)17(21)10-7-12(19)18(22)13(20)8-10/h4-8,22H,3H2,1-2H3. The van der Waals surface area contributed by atoms with Crippen molar-refractivity contribution in [3.05, 3.63) is 61.7 Å². The summed E-state index contributed by atoms with van der Waals surface area (Å²) in [4.78, 5) is 13.0. The molecule has 0 radical (unpaired) electrons. The van der Waals surface area contributed by atoms with E-state index >= 15 is 0 Å². The number of aryl methyl sites for hydroxylation is 2. The summed E-state index contributed by atoms with van der Waals surface area (Å²) < 4.78 is 6.78. The lowest BCUT2D eigenvalue weighted by atomic mass is 9.98. The molecular weight excluding hydrogens is 424 g/mol. The van der Waals surface area contributed by atoms with E-state index in [1.54, 1.807) is 12.1 Å². The molecular formula is C18H14Br2O3. The minimum absolute atomic E-state index is 0.0742. The van der Waals surface area contributed by atoms with Gasteiger partial charge < -0.3 is 9.52 Å². The quantitative estimate of drug-likeness (QED) is 0.529. The van der Waals surface area contributed by atoms with Crippen LogP contribution in [0.4, 0.5) is 0 Å². The third kappa shape index (κ3) is 2.83. The first-order valence-corrected chi connectivity index (χ1v) is 8.75. The second-order valence-corrected chi connectivity index (χ2v) is 7.08. The number of ketones is 1. The number of phenolic OH excluding ortho intramolecular Hbond substituents is 1. The predicted molar refractivity (Wildman–Crippen MR) is 97.3 cm³/mol. The van der Waals surface area contributed by atoms with Gasteiger partial charge >= 0.3 is 0 Å². The summed E-state index contributed by atoms with van der Waals surface area (Å²) in [6.07, 6.45) is 0.634. The Bertz CT molecular complexity index is 902. The number of aromatic hydroxyl groups is 1. The van der Waals surface area contributed by atoms with Gasteiger partial charge in [-0.3, -0.25) is 4.79 Å². The highest BCUT2D eigenvalue weighted by Crippen LogP contribution is 2.36. The number of hydrogen-bond acceptors (Lipinski definition) is 3. The zero-order valence-corrected chi connectivity index (χ0v) is 15.8. The molecule has 0 aliphatic rings. The number of fused-ring (bicyclic) bond motifs is 1. The van der Waals surface area contributed by atoms with Gasteiger partial charge in [-0.15, -0.1) is 0 Å². The van der Waals surface area contributed by atoms with Gasteiger partial charge in [0, 0.05) is 17.4 Å². The highest BCUT2D eigenvalue weighted by atomic mass is 79.9. The molecule has 0 amide bonds. The molecule has 3 nitrogen and oxygen atoms in total. The van der Waals surface area contributed by atoms with Crippen LogP contribution in [0.15, 0.2) is 43.7 Å². The van der Waals surface area contributed by atoms with E-state index in [1.165, 1.54) is 0 Å². The Hall–Kier alpha value is -1.59. The van der Waals surface area contributed by atoms with Crippen LogP contribution in [0.2, 0.25) is 0 Å². The molecule has 0 saturated heterocycles. The van der Waals surface area contributed by atoms with Gasteiger partial charge in [-0.05, 0) is 63.0 Å². The van der Waals surface area contributed by atoms with Gasteiger partial charge in [-0.1, -0.05) is 18.6 Å². The van der Waals surface area contributed by atoms with E-state index in [4.69, 9.17) is 4.42 Å². The van der Waals surface area contributed by atoms with Crippen LogP contribution in [-0.4, -0.2) is 10.9 Å². The Morgan fingerprint density at radius 1 is 1.17 bits per heavy atom. The molecule has 0 aliphatic carbocycles. The molecule has 0 saturated carbocycles. The van der Waals surface area contributed by atoms with E-state index in [9.17, 15) is 9.90 Å². The van der Waals surface area contributed by atoms with Gasteiger partial charge in [0.15, 0.2) is 5.78 Å². The molecule has 0 unspecified atom stereocenters. The number of halogens is 2. The van der Waals surface area contributed by atoms with Crippen molar-refractivity contribution in [2.24, 2.45) is 0 Å². The monoisotopic (exact) mass is 436 g/mol. The molecule has 5 heteroatoms. The van der Waals surface area contributed by atoms with Crippen molar-refractivity contribution in [1.82, 2.24) is 0 Å². The van der Waals surface area contributed by atoms with Gasteiger partial charge in [-0.2, -0.15) is 0 Å². The number of phenols is 1. The summed E-state index contributed by atoms with van der Waals surface area (Å²) in [5.41, 5.74) is 2.87. The van der Waals surface area contributed by atoms with Crippen LogP contribution in [0.1, 0.15) is 34.2 Å². The van der Waals surface area contributed by atoms with E-state index in [-0.39, 0.29) is 11.5 Å². The highest BCUT2D eigenvalue weighted by Gasteiger charge is 2.22. The van der Waals surface area contributed by atoms with Crippen LogP contribution < -0.4 is 0 Å². The van der Waals surface area contributed by atoms with Crippen LogP contribution in [-0.2, 0) is 6.42 Å². The van der Waals surface area contributed by atoms with Gasteiger partial charge in [0.05, 0.1) is 14.5 Å². The molecule has 2 aromatic carbocycles. The Kier molecular flexibility index (Phi) is 4.34. The number of hydrogen-bond donors (Lipinski definition) is 1. The van der Waals surface area contributed by atoms with Crippen molar-refractivity contribution in [3.63, 3.8) is 0 Å². The third-order valence-corrected chi connectivity index (χ3v) is 4.95. The van der Waals surface area contributed by atoms with E-state index < -0.39 is 0 Å². The van der Waals surface area contributed by atoms with E-state index in [0.29, 0.717) is 37.8 Å². The summed E-state index contributed by atoms with van der Waals surface area (Å²) in [5, 5.41) is 10.7. The SMILES string of the molecule is CCc1oc2ccc(C)cc2c1C(=O)c1cc(Br)c(O)c(Br)c1. The van der Waals surface area contributed by atoms with E-state index in [2.05, 4.69) is 31.9 Å². The average molecular weight is 438 g/mol. The third-order valence-electron chi connectivity index (χ3n) is 3.74. The maximum Gasteiger partial charge on any atom is 0.197 e. The molecule has 118 valence electrons. The largest absolute Gasteiger partial charge is 0.506 e.